The van der Waals surface area contributed by atoms with E-state index in [4.69, 9.17) is 85.3 Å². The van der Waals surface area contributed by atoms with Crippen molar-refractivity contribution in [3.05, 3.63) is 0 Å². The first kappa shape index (κ1) is 68.8. The largest absolute Gasteiger partial charge is 0.465 e. The molecule has 0 aromatic heterocycles. The van der Waals surface area contributed by atoms with E-state index in [1.54, 1.807) is 41.9 Å². The number of esters is 1. The Balaban J connectivity index is 0.630. The van der Waals surface area contributed by atoms with Crippen LogP contribution >= 0.6 is 0 Å². The van der Waals surface area contributed by atoms with Crippen molar-refractivity contribution in [1.29, 1.82) is 0 Å². The van der Waals surface area contributed by atoms with Crippen molar-refractivity contribution < 1.29 is 131 Å². The molecule has 89 heavy (non-hydrogen) atoms. The summed E-state index contributed by atoms with van der Waals surface area (Å²) in [6, 6.07) is 0. The SMILES string of the molecule is CO[C@H]1C[C@H](O[C@H]2CC[C@@]3(COC(C)=O)[C@H](CC[C@@H]4[C@@H]3CC[C@]3(C)[C@@H]5[C@@H](CO[C@]5(C)O)O[C@]43O)C2)O[C@H](C)[C@H]1O[C@H]1C[C@H](OC)[C@H](O[C@H]2C[C@@H](O)[C@H](O[C@H]3C[C@H](O)[C@H](O[C@H]4C[C@@H](OC)[C@H](O[C@@H]5O[C@H](CO)[C@@H](O)[C@H](O)[C@H]5O)[C@@H](C)O4)[C@@H](C)O3)[C@@H](C)O2)[C@@H](C)O1. The molecule has 3 aliphatic carbocycles. The fourth-order valence-electron chi connectivity index (χ4n) is 18.0. The van der Waals surface area contributed by atoms with Gasteiger partial charge < -0.3 is 126 Å². The van der Waals surface area contributed by atoms with Gasteiger partial charge in [-0.05, 0) is 98.3 Å². The topological polar surface area (TPSA) is 345 Å². The summed E-state index contributed by atoms with van der Waals surface area (Å²) < 4.78 is 112. The molecule has 11 rings (SSSR count). The molecular formula is C62H102O27. The summed E-state index contributed by atoms with van der Waals surface area (Å²) in [6.07, 6.45) is -16.0. The highest BCUT2D eigenvalue weighted by atomic mass is 16.8. The minimum absolute atomic E-state index is 0.00464. The number of aliphatic hydroxyl groups is 8. The predicted octanol–water partition coefficient (Wildman–Crippen LogP) is 1.16. The first-order valence-corrected chi connectivity index (χ1v) is 32.6. The number of ether oxygens (including phenoxy) is 18. The zero-order valence-electron chi connectivity index (χ0n) is 53.3. The van der Waals surface area contributed by atoms with Crippen LogP contribution in [0, 0.1) is 34.5 Å². The van der Waals surface area contributed by atoms with Crippen molar-refractivity contribution in [1.82, 2.24) is 0 Å². The Morgan fingerprint density at radius 3 is 1.52 bits per heavy atom. The van der Waals surface area contributed by atoms with E-state index in [0.717, 1.165) is 32.1 Å². The van der Waals surface area contributed by atoms with Crippen LogP contribution in [-0.4, -0.2) is 265 Å². The molecule has 3 saturated carbocycles. The molecule has 0 unspecified atom stereocenters. The molecule has 8 saturated heterocycles. The van der Waals surface area contributed by atoms with Crippen molar-refractivity contribution in [3.8, 4) is 0 Å². The Morgan fingerprint density at radius 1 is 0.539 bits per heavy atom. The molecule has 11 fully saturated rings. The van der Waals surface area contributed by atoms with Gasteiger partial charge in [0.25, 0.3) is 0 Å². The molecule has 8 N–H and O–H groups in total. The van der Waals surface area contributed by atoms with Crippen molar-refractivity contribution >= 4 is 5.97 Å². The summed E-state index contributed by atoms with van der Waals surface area (Å²) in [5.74, 6) is -3.55. The Kier molecular flexibility index (Phi) is 21.3. The third-order valence-electron chi connectivity index (χ3n) is 22.5. The molecule has 0 amide bonds. The second-order valence-electron chi connectivity index (χ2n) is 27.9. The summed E-state index contributed by atoms with van der Waals surface area (Å²) in [5.41, 5.74) is -1.09. The van der Waals surface area contributed by atoms with Crippen LogP contribution in [0.2, 0.25) is 0 Å². The standard InChI is InChI=1S/C62H102O27/c1-27-52(84-44-19-37(65)53(28(2)77-44)85-47-23-41(74-11)56(31(5)81-47)88-58-51(69)50(68)49(67)42(24-63)83-58)38(66)20-45(78-27)86-54-30(4)80-48(22-40(54)73-10)87-55-29(3)79-46(21-39(55)72-9)82-34-14-17-61(26-75-32(6)64)33(18-34)12-13-36-35(61)15-16-59(7)57-43(89-62(36,59)71)25-76-60(57,8)70/h27-31,33-58,63,65-71H,12-26H2,1-11H3/t27-,28-,29-,30-,31-,33-,34+,35+,36-,37+,38-,39+,40+,41-,42-,43-,44+,45+,46+,47+,48+,49-,50+,51-,52-,53-,54-,55-,56-,57+,58+,59-,60+,61-,62-/m1/s1. The van der Waals surface area contributed by atoms with Gasteiger partial charge in [-0.25, -0.2) is 0 Å². The number of hydrogen-bond acceptors (Lipinski definition) is 27. The molecule has 0 aromatic rings. The van der Waals surface area contributed by atoms with Gasteiger partial charge in [-0.1, -0.05) is 6.92 Å². The van der Waals surface area contributed by atoms with E-state index < -0.39 is 183 Å². The number of fused-ring (bicyclic) bond motifs is 7. The van der Waals surface area contributed by atoms with Gasteiger partial charge in [0.05, 0.1) is 99.0 Å². The number of hydrogen-bond donors (Lipinski definition) is 8. The highest BCUT2D eigenvalue weighted by Gasteiger charge is 2.76. The minimum Gasteiger partial charge on any atom is -0.465 e. The number of methoxy groups -OCH3 is 3. The van der Waals surface area contributed by atoms with Gasteiger partial charge in [0.2, 0.25) is 0 Å². The van der Waals surface area contributed by atoms with Gasteiger partial charge in [-0.15, -0.1) is 0 Å². The molecule has 35 atom stereocenters. The van der Waals surface area contributed by atoms with Crippen LogP contribution < -0.4 is 0 Å². The summed E-state index contributed by atoms with van der Waals surface area (Å²) >= 11 is 0. The Hall–Kier alpha value is -1.53. The molecule has 512 valence electrons. The van der Waals surface area contributed by atoms with Crippen LogP contribution in [-0.2, 0) is 90.1 Å². The normalized spacial score (nSPS) is 54.3. The van der Waals surface area contributed by atoms with E-state index >= 15 is 0 Å². The quantitative estimate of drug-likeness (QED) is 0.0705. The van der Waals surface area contributed by atoms with Crippen LogP contribution in [0.1, 0.15) is 132 Å². The van der Waals surface area contributed by atoms with Crippen LogP contribution in [0.25, 0.3) is 0 Å². The summed E-state index contributed by atoms with van der Waals surface area (Å²) in [5, 5.41) is 87.8. The second kappa shape index (κ2) is 27.5. The maximum absolute atomic E-state index is 12.7. The highest BCUT2D eigenvalue weighted by Crippen LogP contribution is 2.71. The lowest BCUT2D eigenvalue weighted by molar-refractivity contribution is -0.358. The fourth-order valence-corrected chi connectivity index (χ4v) is 18.0. The molecule has 0 radical (unpaired) electrons. The summed E-state index contributed by atoms with van der Waals surface area (Å²) in [6.45, 7) is 14.1. The maximum Gasteiger partial charge on any atom is 0.302 e. The van der Waals surface area contributed by atoms with Gasteiger partial charge in [-0.3, -0.25) is 4.79 Å². The first-order chi connectivity index (χ1) is 42.2. The lowest BCUT2D eigenvalue weighted by atomic mass is 9.44. The number of carbonyl (C=O) groups is 1. The lowest BCUT2D eigenvalue weighted by Gasteiger charge is -2.63. The molecule has 0 spiro atoms. The molecule has 8 aliphatic heterocycles. The lowest BCUT2D eigenvalue weighted by Crippen LogP contribution is -2.65. The summed E-state index contributed by atoms with van der Waals surface area (Å²) in [4.78, 5) is 12.5. The molecular weight excluding hydrogens is 1180 g/mol. The average Bonchev–Trinajstić information content (AvgIpc) is 1.58. The maximum atomic E-state index is 12.7. The zero-order chi connectivity index (χ0) is 63.8. The molecule has 27 heteroatoms. The Morgan fingerprint density at radius 2 is 1.02 bits per heavy atom. The van der Waals surface area contributed by atoms with Crippen LogP contribution in [0.4, 0.5) is 0 Å². The predicted molar refractivity (Wildman–Crippen MR) is 302 cm³/mol. The second-order valence-corrected chi connectivity index (χ2v) is 27.9. The molecule has 27 nitrogen and oxygen atoms in total. The molecule has 8 heterocycles. The van der Waals surface area contributed by atoms with Crippen molar-refractivity contribution in [2.24, 2.45) is 34.5 Å². The number of rotatable bonds is 18. The molecule has 11 aliphatic rings. The van der Waals surface area contributed by atoms with Gasteiger partial charge >= 0.3 is 5.97 Å². The van der Waals surface area contributed by atoms with Crippen LogP contribution in [0.5, 0.6) is 0 Å². The van der Waals surface area contributed by atoms with E-state index in [0.29, 0.717) is 25.7 Å². The van der Waals surface area contributed by atoms with E-state index in [1.807, 2.05) is 20.8 Å². The molecule has 0 bridgehead atoms. The number of carbonyl (C=O) groups excluding carboxylic acids is 1. The Bertz CT molecular complexity index is 2320. The van der Waals surface area contributed by atoms with E-state index in [2.05, 4.69) is 0 Å². The van der Waals surface area contributed by atoms with Crippen LogP contribution in [0.15, 0.2) is 0 Å². The smallest absolute Gasteiger partial charge is 0.302 e. The fraction of sp³-hybridized carbons (Fsp3) is 0.984. The van der Waals surface area contributed by atoms with Gasteiger partial charge in [0, 0.05) is 77.1 Å². The Labute approximate surface area is 520 Å². The zero-order valence-corrected chi connectivity index (χ0v) is 53.3. The van der Waals surface area contributed by atoms with E-state index in [-0.39, 0.29) is 73.6 Å². The van der Waals surface area contributed by atoms with Crippen LogP contribution in [0.3, 0.4) is 0 Å². The summed E-state index contributed by atoms with van der Waals surface area (Å²) in [7, 11) is 4.72. The van der Waals surface area contributed by atoms with E-state index in [1.165, 1.54) is 14.0 Å². The number of aliphatic hydroxyl groups excluding tert-OH is 6. The molecule has 0 aromatic carbocycles. The highest BCUT2D eigenvalue weighted by molar-refractivity contribution is 5.66. The van der Waals surface area contributed by atoms with Gasteiger partial charge in [0.15, 0.2) is 49.3 Å². The van der Waals surface area contributed by atoms with Crippen molar-refractivity contribution in [2.75, 3.05) is 41.2 Å². The van der Waals surface area contributed by atoms with Gasteiger partial charge in [-0.2, -0.15) is 0 Å². The van der Waals surface area contributed by atoms with Crippen molar-refractivity contribution in [3.63, 3.8) is 0 Å². The van der Waals surface area contributed by atoms with Crippen molar-refractivity contribution in [2.45, 2.75) is 310 Å². The average molecular weight is 1280 g/mol. The monoisotopic (exact) mass is 1280 g/mol. The third-order valence-corrected chi connectivity index (χ3v) is 22.5. The first-order valence-electron chi connectivity index (χ1n) is 32.6. The van der Waals surface area contributed by atoms with Gasteiger partial charge in [0.1, 0.15) is 54.9 Å². The minimum atomic E-state index is -1.62. The van der Waals surface area contributed by atoms with E-state index in [9.17, 15) is 45.6 Å². The third kappa shape index (κ3) is 13.3.